The molecule has 1 N–H and O–H groups in total. The lowest BCUT2D eigenvalue weighted by atomic mass is 9.44. The first kappa shape index (κ1) is 26.1. The van der Waals surface area contributed by atoms with Gasteiger partial charge >= 0.3 is 0 Å². The summed E-state index contributed by atoms with van der Waals surface area (Å²) in [4.78, 5) is 40.2. The smallest absolute Gasteiger partial charge is 0.220 e. The molecule has 1 heterocycles. The van der Waals surface area contributed by atoms with E-state index in [9.17, 15) is 14.4 Å². The van der Waals surface area contributed by atoms with Gasteiger partial charge in [-0.1, -0.05) is 40.2 Å². The number of hydrogen-bond donors (Lipinski definition) is 1. The third-order valence-electron chi connectivity index (χ3n) is 11.4. The van der Waals surface area contributed by atoms with Crippen molar-refractivity contribution >= 4 is 28.8 Å². The van der Waals surface area contributed by atoms with E-state index in [4.69, 9.17) is 0 Å². The van der Waals surface area contributed by atoms with E-state index in [2.05, 4.69) is 50.5 Å². The molecule has 5 heteroatoms. The van der Waals surface area contributed by atoms with Crippen molar-refractivity contribution < 1.29 is 14.4 Å². The molecule has 5 rings (SSSR count). The van der Waals surface area contributed by atoms with E-state index in [1.165, 1.54) is 4.88 Å². The van der Waals surface area contributed by atoms with E-state index in [0.29, 0.717) is 60.9 Å². The van der Waals surface area contributed by atoms with Crippen LogP contribution in [-0.2, 0) is 14.4 Å². The molecule has 4 saturated carbocycles. The topological polar surface area (TPSA) is 63.2 Å². The zero-order chi connectivity index (χ0) is 25.7. The van der Waals surface area contributed by atoms with Gasteiger partial charge in [0, 0.05) is 36.5 Å². The highest BCUT2D eigenvalue weighted by molar-refractivity contribution is 7.10. The fourth-order valence-electron chi connectivity index (χ4n) is 9.45. The van der Waals surface area contributed by atoms with E-state index in [1.807, 2.05) is 0 Å². The molecule has 4 fully saturated rings. The Morgan fingerprint density at radius 1 is 1.11 bits per heavy atom. The monoisotopic (exact) mass is 511 g/mol. The van der Waals surface area contributed by atoms with Gasteiger partial charge in [0.25, 0.3) is 0 Å². The molecule has 4 aliphatic carbocycles. The highest BCUT2D eigenvalue weighted by Crippen LogP contribution is 2.67. The first-order chi connectivity index (χ1) is 17.2. The van der Waals surface area contributed by atoms with Crippen molar-refractivity contribution in [2.45, 2.75) is 104 Å². The quantitative estimate of drug-likeness (QED) is 0.423. The second kappa shape index (κ2) is 10.0. The fourth-order valence-corrected chi connectivity index (χ4v) is 10.3. The molecule has 0 aromatic carbocycles. The molecule has 0 unspecified atom stereocenters. The number of carbonyl (C=O) groups excluding carboxylic acids is 3. The lowest BCUT2D eigenvalue weighted by Gasteiger charge is -2.59. The normalized spacial score (nSPS) is 39.6. The Balaban J connectivity index is 1.28. The number of nitrogens with one attached hydrogen (secondary N) is 1. The van der Waals surface area contributed by atoms with Crippen molar-refractivity contribution in [1.82, 2.24) is 5.32 Å². The molecule has 0 radical (unpaired) electrons. The summed E-state index contributed by atoms with van der Waals surface area (Å²) < 4.78 is 0. The molecule has 0 saturated heterocycles. The number of Topliss-reactive ketones (excluding diaryl/α,β-unsaturated/α-hetero) is 2. The second-order valence-corrected chi connectivity index (χ2v) is 14.2. The maximum atomic E-state index is 13.6. The van der Waals surface area contributed by atoms with Gasteiger partial charge in [0.05, 0.1) is 6.04 Å². The van der Waals surface area contributed by atoms with Gasteiger partial charge in [0.2, 0.25) is 5.91 Å². The van der Waals surface area contributed by atoms with Gasteiger partial charge in [0.1, 0.15) is 11.6 Å². The summed E-state index contributed by atoms with van der Waals surface area (Å²) >= 11 is 1.72. The van der Waals surface area contributed by atoms with Gasteiger partial charge in [-0.2, -0.15) is 0 Å². The molecule has 0 aliphatic heterocycles. The Hall–Kier alpha value is -1.49. The number of rotatable bonds is 7. The summed E-state index contributed by atoms with van der Waals surface area (Å²) in [5.74, 6) is 3.08. The predicted molar refractivity (Wildman–Crippen MR) is 145 cm³/mol. The summed E-state index contributed by atoms with van der Waals surface area (Å²) in [6.45, 7) is 9.29. The lowest BCUT2D eigenvalue weighted by molar-refractivity contribution is -0.159. The molecule has 198 valence electrons. The highest BCUT2D eigenvalue weighted by atomic mass is 32.1. The molecule has 1 amide bonds. The van der Waals surface area contributed by atoms with Crippen LogP contribution >= 0.6 is 11.3 Å². The van der Waals surface area contributed by atoms with Gasteiger partial charge in [-0.3, -0.25) is 14.4 Å². The van der Waals surface area contributed by atoms with Crippen LogP contribution in [0.4, 0.5) is 0 Å². The number of ketones is 2. The Morgan fingerprint density at radius 3 is 2.61 bits per heavy atom. The summed E-state index contributed by atoms with van der Waals surface area (Å²) in [5, 5.41) is 5.43. The van der Waals surface area contributed by atoms with Crippen molar-refractivity contribution in [1.29, 1.82) is 0 Å². The SMILES string of the molecule is CCC[C@@H](NC(=O)C[C@@H](C)[C@H]1CC[C@H]2[C@@H]3C(=O)C[C@@H]4CC(=O)CC[C@]4(C)[C@H]3CC[C@]12C)c1cccs1. The van der Waals surface area contributed by atoms with Crippen molar-refractivity contribution in [2.75, 3.05) is 0 Å². The van der Waals surface area contributed by atoms with Gasteiger partial charge in [-0.15, -0.1) is 11.3 Å². The largest absolute Gasteiger partial charge is 0.348 e. The summed E-state index contributed by atoms with van der Waals surface area (Å²) in [6, 6.07) is 4.31. The van der Waals surface area contributed by atoms with Crippen LogP contribution in [-0.4, -0.2) is 17.5 Å². The van der Waals surface area contributed by atoms with E-state index in [1.54, 1.807) is 11.3 Å². The first-order valence-electron chi connectivity index (χ1n) is 14.5. The number of hydrogen-bond acceptors (Lipinski definition) is 4. The first-order valence-corrected chi connectivity index (χ1v) is 15.4. The van der Waals surface area contributed by atoms with Crippen LogP contribution in [0.2, 0.25) is 0 Å². The Morgan fingerprint density at radius 2 is 1.89 bits per heavy atom. The average Bonchev–Trinajstić information content (AvgIpc) is 3.48. The number of carbonyl (C=O) groups is 3. The average molecular weight is 512 g/mol. The van der Waals surface area contributed by atoms with Crippen molar-refractivity contribution in [3.63, 3.8) is 0 Å². The second-order valence-electron chi connectivity index (χ2n) is 13.2. The third kappa shape index (κ3) is 4.41. The molecule has 1 aromatic heterocycles. The van der Waals surface area contributed by atoms with Crippen molar-refractivity contribution in [3.05, 3.63) is 22.4 Å². The third-order valence-corrected chi connectivity index (χ3v) is 12.3. The molecule has 0 spiro atoms. The zero-order valence-corrected chi connectivity index (χ0v) is 23.5. The molecule has 0 bridgehead atoms. The fraction of sp³-hybridized carbons (Fsp3) is 0.774. The van der Waals surface area contributed by atoms with Crippen LogP contribution in [0.25, 0.3) is 0 Å². The van der Waals surface area contributed by atoms with Gasteiger partial charge < -0.3 is 5.32 Å². The molecular weight excluding hydrogens is 466 g/mol. The minimum absolute atomic E-state index is 0.118. The van der Waals surface area contributed by atoms with E-state index in [0.717, 1.165) is 44.9 Å². The number of fused-ring (bicyclic) bond motifs is 5. The van der Waals surface area contributed by atoms with Crippen LogP contribution in [0.3, 0.4) is 0 Å². The van der Waals surface area contributed by atoms with Crippen molar-refractivity contribution in [2.24, 2.45) is 46.3 Å². The summed E-state index contributed by atoms with van der Waals surface area (Å²) in [7, 11) is 0. The highest BCUT2D eigenvalue weighted by Gasteiger charge is 2.63. The number of thiophene rings is 1. The molecular formula is C31H45NO3S. The zero-order valence-electron chi connectivity index (χ0n) is 22.7. The lowest BCUT2D eigenvalue weighted by Crippen LogP contribution is -2.57. The predicted octanol–water partition coefficient (Wildman–Crippen LogP) is 7.14. The van der Waals surface area contributed by atoms with Crippen LogP contribution in [0, 0.1) is 46.3 Å². The van der Waals surface area contributed by atoms with E-state index >= 15 is 0 Å². The summed E-state index contributed by atoms with van der Waals surface area (Å²) in [5.41, 5.74) is 0.286. The minimum atomic E-state index is 0.118. The maximum Gasteiger partial charge on any atom is 0.220 e. The van der Waals surface area contributed by atoms with Crippen LogP contribution in [0.5, 0.6) is 0 Å². The molecule has 4 nitrogen and oxygen atoms in total. The van der Waals surface area contributed by atoms with E-state index < -0.39 is 0 Å². The standard InChI is InChI=1S/C31H45NO3S/c1-5-7-25(27-8-6-15-36-27)32-28(35)16-19(2)22-9-10-23-29-24(12-14-31(22,23)4)30(3)13-11-21(33)17-20(30)18-26(29)34/h6,8,15,19-20,22-25,29H,5,7,9-14,16-18H2,1-4H3,(H,32,35)/t19-,20+,22-,23+,24+,25-,29+,30+,31-/m1/s1. The van der Waals surface area contributed by atoms with Gasteiger partial charge in [0.15, 0.2) is 0 Å². The van der Waals surface area contributed by atoms with Gasteiger partial charge in [-0.25, -0.2) is 0 Å². The molecule has 4 aliphatic rings. The Labute approximate surface area is 221 Å². The maximum absolute atomic E-state index is 13.6. The molecule has 9 atom stereocenters. The van der Waals surface area contributed by atoms with E-state index in [-0.39, 0.29) is 34.6 Å². The number of amides is 1. The Kier molecular flexibility index (Phi) is 7.26. The van der Waals surface area contributed by atoms with Crippen molar-refractivity contribution in [3.8, 4) is 0 Å². The molecule has 36 heavy (non-hydrogen) atoms. The molecule has 1 aromatic rings. The van der Waals surface area contributed by atoms with Crippen LogP contribution in [0.1, 0.15) is 109 Å². The van der Waals surface area contributed by atoms with Crippen LogP contribution < -0.4 is 5.32 Å². The van der Waals surface area contributed by atoms with Gasteiger partial charge in [-0.05, 0) is 90.4 Å². The van der Waals surface area contributed by atoms with Crippen LogP contribution in [0.15, 0.2) is 17.5 Å². The minimum Gasteiger partial charge on any atom is -0.348 e. The Bertz CT molecular complexity index is 988. The summed E-state index contributed by atoms with van der Waals surface area (Å²) in [6.07, 6.45) is 10.0.